The van der Waals surface area contributed by atoms with E-state index in [0.29, 0.717) is 19.6 Å². The Morgan fingerprint density at radius 3 is 2.86 bits per heavy atom. The predicted octanol–water partition coefficient (Wildman–Crippen LogP) is 1.53. The molecule has 1 aromatic carbocycles. The molecular weight excluding hydrogens is 286 g/mol. The molecule has 0 aliphatic carbocycles. The second-order valence-electron chi connectivity index (χ2n) is 5.41. The van der Waals surface area contributed by atoms with Crippen LogP contribution >= 0.6 is 0 Å². The van der Waals surface area contributed by atoms with Crippen LogP contribution in [-0.4, -0.2) is 48.2 Å². The molecule has 6 nitrogen and oxygen atoms in total. The van der Waals surface area contributed by atoms with Crippen molar-refractivity contribution in [2.45, 2.75) is 26.1 Å². The van der Waals surface area contributed by atoms with E-state index >= 15 is 0 Å². The Morgan fingerprint density at radius 2 is 2.23 bits per heavy atom. The van der Waals surface area contributed by atoms with Crippen molar-refractivity contribution in [3.8, 4) is 5.75 Å². The predicted molar refractivity (Wildman–Crippen MR) is 79.6 cm³/mol. The van der Waals surface area contributed by atoms with Gasteiger partial charge in [0.05, 0.1) is 19.6 Å². The second kappa shape index (κ2) is 7.26. The summed E-state index contributed by atoms with van der Waals surface area (Å²) in [6, 6.07) is 7.46. The Morgan fingerprint density at radius 1 is 1.45 bits per heavy atom. The average molecular weight is 307 g/mol. The molecule has 6 heteroatoms. The lowest BCUT2D eigenvalue weighted by atomic mass is 10.1. The number of benzene rings is 1. The maximum atomic E-state index is 12.2. The third-order valence-electron chi connectivity index (χ3n) is 3.83. The van der Waals surface area contributed by atoms with Crippen LogP contribution in [0.3, 0.4) is 0 Å². The van der Waals surface area contributed by atoms with E-state index in [0.717, 1.165) is 11.3 Å². The molecule has 0 bridgehead atoms. The molecule has 1 fully saturated rings. The van der Waals surface area contributed by atoms with Gasteiger partial charge in [0.1, 0.15) is 11.9 Å². The molecule has 0 aromatic heterocycles. The van der Waals surface area contributed by atoms with Gasteiger partial charge in [0.2, 0.25) is 0 Å². The fourth-order valence-corrected chi connectivity index (χ4v) is 2.47. The number of aliphatic carboxylic acids is 1. The Balaban J connectivity index is 1.85. The molecule has 1 saturated heterocycles. The Hall–Kier alpha value is -2.08. The third kappa shape index (κ3) is 3.98. The zero-order valence-electron chi connectivity index (χ0n) is 12.8. The van der Waals surface area contributed by atoms with Crippen molar-refractivity contribution in [1.29, 1.82) is 0 Å². The Kier molecular flexibility index (Phi) is 5.38. The molecule has 0 unspecified atom stereocenters. The number of nitrogens with zero attached hydrogens (tertiary/aromatic N) is 1. The first-order valence-electron chi connectivity index (χ1n) is 7.27. The van der Waals surface area contributed by atoms with E-state index in [9.17, 15) is 9.59 Å². The molecule has 1 aliphatic rings. The zero-order chi connectivity index (χ0) is 16.1. The molecule has 1 aliphatic heterocycles. The van der Waals surface area contributed by atoms with Gasteiger partial charge in [0, 0.05) is 13.1 Å². The molecule has 0 radical (unpaired) electrons. The number of hydrogen-bond donors (Lipinski definition) is 1. The number of ether oxygens (including phenoxy) is 2. The highest BCUT2D eigenvalue weighted by atomic mass is 16.5. The number of carboxylic acid groups (broad SMARTS) is 1. The van der Waals surface area contributed by atoms with Crippen molar-refractivity contribution in [2.24, 2.45) is 5.92 Å². The molecule has 1 amide bonds. The van der Waals surface area contributed by atoms with E-state index in [1.807, 2.05) is 24.3 Å². The summed E-state index contributed by atoms with van der Waals surface area (Å²) in [7, 11) is 1.60. The van der Waals surface area contributed by atoms with Gasteiger partial charge in [0.25, 0.3) is 5.91 Å². The maximum Gasteiger partial charge on any atom is 0.308 e. The Bertz CT molecular complexity index is 545. The van der Waals surface area contributed by atoms with Crippen molar-refractivity contribution in [1.82, 2.24) is 4.90 Å². The number of carbonyl (C=O) groups is 2. The molecule has 2 atom stereocenters. The van der Waals surface area contributed by atoms with E-state index < -0.39 is 18.0 Å². The van der Waals surface area contributed by atoms with Crippen LogP contribution in [0.25, 0.3) is 0 Å². The largest absolute Gasteiger partial charge is 0.497 e. The summed E-state index contributed by atoms with van der Waals surface area (Å²) in [5.41, 5.74) is 0.920. The van der Waals surface area contributed by atoms with Crippen molar-refractivity contribution < 1.29 is 24.2 Å². The summed E-state index contributed by atoms with van der Waals surface area (Å²) in [6.07, 6.45) is -0.0947. The molecule has 1 aromatic rings. The van der Waals surface area contributed by atoms with E-state index in [1.165, 1.54) is 0 Å². The van der Waals surface area contributed by atoms with Gasteiger partial charge in [-0.3, -0.25) is 9.59 Å². The molecule has 2 rings (SSSR count). The molecule has 22 heavy (non-hydrogen) atoms. The lowest BCUT2D eigenvalue weighted by Crippen LogP contribution is -2.38. The standard InChI is InChI=1S/C16H21NO5/c1-11(15(18)17-7-6-13(9-17)16(19)20)22-10-12-4-3-5-14(8-12)21-2/h3-5,8,11,13H,6-7,9-10H2,1-2H3,(H,19,20)/t11-,13+/m1/s1. The molecule has 1 heterocycles. The fraction of sp³-hybridized carbons (Fsp3) is 0.500. The normalized spacial score (nSPS) is 19.0. The maximum absolute atomic E-state index is 12.2. The lowest BCUT2D eigenvalue weighted by Gasteiger charge is -2.21. The van der Waals surface area contributed by atoms with Gasteiger partial charge >= 0.3 is 5.97 Å². The number of likely N-dealkylation sites (tertiary alicyclic amines) is 1. The minimum atomic E-state index is -0.847. The number of amides is 1. The Labute approximate surface area is 129 Å². The summed E-state index contributed by atoms with van der Waals surface area (Å²) in [5, 5.41) is 8.97. The van der Waals surface area contributed by atoms with Gasteiger partial charge in [-0.15, -0.1) is 0 Å². The summed E-state index contributed by atoms with van der Waals surface area (Å²) in [4.78, 5) is 24.7. The fourth-order valence-electron chi connectivity index (χ4n) is 2.47. The minimum absolute atomic E-state index is 0.161. The SMILES string of the molecule is COc1cccc(CO[C@H](C)C(=O)N2CC[C@H](C(=O)O)C2)c1. The minimum Gasteiger partial charge on any atom is -0.497 e. The van der Waals surface area contributed by atoms with Crippen LogP contribution in [0.2, 0.25) is 0 Å². The molecule has 0 saturated carbocycles. The summed E-state index contributed by atoms with van der Waals surface area (Å²) in [5.74, 6) is -0.731. The van der Waals surface area contributed by atoms with Gasteiger partial charge < -0.3 is 19.5 Å². The lowest BCUT2D eigenvalue weighted by molar-refractivity contribution is -0.144. The van der Waals surface area contributed by atoms with Crippen LogP contribution in [0.15, 0.2) is 24.3 Å². The third-order valence-corrected chi connectivity index (χ3v) is 3.83. The number of hydrogen-bond acceptors (Lipinski definition) is 4. The van der Waals surface area contributed by atoms with E-state index in [1.54, 1.807) is 18.9 Å². The first-order chi connectivity index (χ1) is 10.5. The quantitative estimate of drug-likeness (QED) is 0.862. The zero-order valence-corrected chi connectivity index (χ0v) is 12.8. The van der Waals surface area contributed by atoms with Crippen LogP contribution in [-0.2, 0) is 20.9 Å². The van der Waals surface area contributed by atoms with Crippen LogP contribution in [0.5, 0.6) is 5.75 Å². The molecule has 120 valence electrons. The van der Waals surface area contributed by atoms with Gasteiger partial charge in [-0.2, -0.15) is 0 Å². The van der Waals surface area contributed by atoms with Crippen molar-refractivity contribution in [3.05, 3.63) is 29.8 Å². The van der Waals surface area contributed by atoms with Crippen LogP contribution in [0.4, 0.5) is 0 Å². The van der Waals surface area contributed by atoms with Crippen molar-refractivity contribution in [3.63, 3.8) is 0 Å². The highest BCUT2D eigenvalue weighted by Gasteiger charge is 2.32. The van der Waals surface area contributed by atoms with Gasteiger partial charge in [-0.05, 0) is 31.0 Å². The van der Waals surface area contributed by atoms with Gasteiger partial charge in [-0.1, -0.05) is 12.1 Å². The second-order valence-corrected chi connectivity index (χ2v) is 5.41. The average Bonchev–Trinajstić information content (AvgIpc) is 3.02. The summed E-state index contributed by atoms with van der Waals surface area (Å²) < 4.78 is 10.7. The first-order valence-corrected chi connectivity index (χ1v) is 7.27. The summed E-state index contributed by atoms with van der Waals surface area (Å²) >= 11 is 0. The van der Waals surface area contributed by atoms with Crippen LogP contribution < -0.4 is 4.74 Å². The number of methoxy groups -OCH3 is 1. The monoisotopic (exact) mass is 307 g/mol. The van der Waals surface area contributed by atoms with Crippen molar-refractivity contribution >= 4 is 11.9 Å². The summed E-state index contributed by atoms with van der Waals surface area (Å²) in [6.45, 7) is 2.74. The number of rotatable bonds is 6. The van der Waals surface area contributed by atoms with Crippen LogP contribution in [0, 0.1) is 5.92 Å². The topological polar surface area (TPSA) is 76.1 Å². The van der Waals surface area contributed by atoms with Crippen molar-refractivity contribution in [2.75, 3.05) is 20.2 Å². The number of carbonyl (C=O) groups excluding carboxylic acids is 1. The number of carboxylic acids is 1. The van der Waals surface area contributed by atoms with Gasteiger partial charge in [-0.25, -0.2) is 0 Å². The van der Waals surface area contributed by atoms with E-state index in [-0.39, 0.29) is 12.5 Å². The smallest absolute Gasteiger partial charge is 0.308 e. The molecule has 1 N–H and O–H groups in total. The molecular formula is C16H21NO5. The van der Waals surface area contributed by atoms with Gasteiger partial charge in [0.15, 0.2) is 0 Å². The van der Waals surface area contributed by atoms with Crippen LogP contribution in [0.1, 0.15) is 18.9 Å². The molecule has 0 spiro atoms. The van der Waals surface area contributed by atoms with E-state index in [2.05, 4.69) is 0 Å². The highest BCUT2D eigenvalue weighted by molar-refractivity contribution is 5.82. The van der Waals surface area contributed by atoms with E-state index in [4.69, 9.17) is 14.6 Å². The first kappa shape index (κ1) is 16.3. The highest BCUT2D eigenvalue weighted by Crippen LogP contribution is 2.19.